The minimum absolute atomic E-state index is 0.178. The number of hydrogen-bond acceptors (Lipinski definition) is 9. The Balaban J connectivity index is 1.55. The Labute approximate surface area is 172 Å². The zero-order valence-corrected chi connectivity index (χ0v) is 17.1. The zero-order chi connectivity index (χ0) is 20.2. The van der Waals surface area contributed by atoms with E-state index in [0.29, 0.717) is 43.7 Å². The molecule has 1 aliphatic heterocycles. The second kappa shape index (κ2) is 8.52. The predicted molar refractivity (Wildman–Crippen MR) is 112 cm³/mol. The van der Waals surface area contributed by atoms with Crippen LogP contribution in [0, 0.1) is 0 Å². The molecule has 29 heavy (non-hydrogen) atoms. The molecule has 3 heterocycles. The normalized spacial score (nSPS) is 12.2. The molecule has 0 spiro atoms. The number of ether oxygens (including phenoxy) is 2. The van der Waals surface area contributed by atoms with Gasteiger partial charge in [0.25, 0.3) is 0 Å². The van der Waals surface area contributed by atoms with Gasteiger partial charge in [0, 0.05) is 12.6 Å². The van der Waals surface area contributed by atoms with E-state index in [2.05, 4.69) is 20.3 Å². The Morgan fingerprint density at radius 1 is 1.31 bits per heavy atom. The first-order valence-electron chi connectivity index (χ1n) is 9.41. The minimum atomic E-state index is -0.178. The largest absolute Gasteiger partial charge is 0.495 e. The van der Waals surface area contributed by atoms with E-state index in [1.807, 2.05) is 18.3 Å². The van der Waals surface area contributed by atoms with E-state index >= 15 is 0 Å². The van der Waals surface area contributed by atoms with Crippen LogP contribution in [0.15, 0.2) is 23.5 Å². The molecule has 4 rings (SSSR count). The van der Waals surface area contributed by atoms with Crippen molar-refractivity contribution in [3.8, 4) is 5.75 Å². The van der Waals surface area contributed by atoms with Gasteiger partial charge in [-0.1, -0.05) is 11.3 Å². The number of thiazole rings is 1. The van der Waals surface area contributed by atoms with Crippen LogP contribution in [0.25, 0.3) is 10.3 Å². The quantitative estimate of drug-likeness (QED) is 0.565. The molecule has 1 aromatic carbocycles. The van der Waals surface area contributed by atoms with Crippen molar-refractivity contribution in [2.75, 3.05) is 19.0 Å². The molecule has 0 unspecified atom stereocenters. The molecule has 0 aliphatic carbocycles. The van der Waals surface area contributed by atoms with E-state index in [1.165, 1.54) is 17.7 Å². The van der Waals surface area contributed by atoms with Crippen molar-refractivity contribution in [3.05, 3.63) is 34.6 Å². The number of aryl methyl sites for hydroxylation is 1. The first-order chi connectivity index (χ1) is 14.2. The van der Waals surface area contributed by atoms with Gasteiger partial charge in [0.2, 0.25) is 0 Å². The molecule has 1 N–H and O–H groups in total. The molecule has 9 heteroatoms. The van der Waals surface area contributed by atoms with Gasteiger partial charge in [-0.2, -0.15) is 0 Å². The van der Waals surface area contributed by atoms with E-state index in [9.17, 15) is 4.79 Å². The summed E-state index contributed by atoms with van der Waals surface area (Å²) >= 11 is 1.51. The second-order valence-electron chi connectivity index (χ2n) is 6.49. The summed E-state index contributed by atoms with van der Waals surface area (Å²) in [6.45, 7) is 2.88. The van der Waals surface area contributed by atoms with Crippen LogP contribution in [0.5, 0.6) is 5.75 Å². The number of methoxy groups -OCH3 is 1. The molecule has 2 aromatic heterocycles. The van der Waals surface area contributed by atoms with Crippen molar-refractivity contribution in [1.82, 2.24) is 15.0 Å². The lowest BCUT2D eigenvalue weighted by molar-refractivity contribution is -0.143. The number of aliphatic imine (C=N–C) groups is 1. The standard InChI is InChI=1S/C20H21N5O3S/c1-3-28-17(26)6-4-5-16-25-18-19(22-11-23-20(18)29-16)24-14-7-12-9-21-10-13(12)8-15(14)27-2/h7-9,11H,3-6,10H2,1-2H3,(H,22,23,24). The summed E-state index contributed by atoms with van der Waals surface area (Å²) in [7, 11) is 1.64. The average Bonchev–Trinajstić information content (AvgIpc) is 3.34. The summed E-state index contributed by atoms with van der Waals surface area (Å²) in [5.41, 5.74) is 3.71. The Bertz CT molecular complexity index is 1080. The van der Waals surface area contributed by atoms with Gasteiger partial charge in [-0.3, -0.25) is 9.79 Å². The number of carbonyl (C=O) groups excluding carboxylic acids is 1. The molecule has 3 aromatic rings. The molecule has 1 aliphatic rings. The third kappa shape index (κ3) is 4.19. The molecule has 0 fully saturated rings. The summed E-state index contributed by atoms with van der Waals surface area (Å²) < 4.78 is 10.5. The van der Waals surface area contributed by atoms with Crippen molar-refractivity contribution in [3.63, 3.8) is 0 Å². The van der Waals surface area contributed by atoms with Crippen molar-refractivity contribution in [2.45, 2.75) is 32.7 Å². The maximum Gasteiger partial charge on any atom is 0.305 e. The minimum Gasteiger partial charge on any atom is -0.495 e. The smallest absolute Gasteiger partial charge is 0.305 e. The first-order valence-corrected chi connectivity index (χ1v) is 10.2. The molecule has 8 nitrogen and oxygen atoms in total. The number of carbonyl (C=O) groups is 1. The van der Waals surface area contributed by atoms with Gasteiger partial charge in [0.15, 0.2) is 5.82 Å². The van der Waals surface area contributed by atoms with Crippen LogP contribution < -0.4 is 10.1 Å². The highest BCUT2D eigenvalue weighted by Crippen LogP contribution is 2.34. The Hall–Kier alpha value is -3.07. The highest BCUT2D eigenvalue weighted by molar-refractivity contribution is 7.18. The van der Waals surface area contributed by atoms with Gasteiger partial charge < -0.3 is 14.8 Å². The molecule has 150 valence electrons. The molecule has 0 saturated carbocycles. The first kappa shape index (κ1) is 19.3. The fourth-order valence-electron chi connectivity index (χ4n) is 3.14. The van der Waals surface area contributed by atoms with Crippen LogP contribution in [-0.2, 0) is 22.5 Å². The molecule has 0 atom stereocenters. The summed E-state index contributed by atoms with van der Waals surface area (Å²) in [6, 6.07) is 4.00. The lowest BCUT2D eigenvalue weighted by Crippen LogP contribution is -2.03. The van der Waals surface area contributed by atoms with E-state index in [4.69, 9.17) is 14.5 Å². The summed E-state index contributed by atoms with van der Waals surface area (Å²) in [5.74, 6) is 1.17. The Kier molecular flexibility index (Phi) is 5.66. The van der Waals surface area contributed by atoms with Crippen molar-refractivity contribution in [1.29, 1.82) is 0 Å². The topological polar surface area (TPSA) is 98.6 Å². The summed E-state index contributed by atoms with van der Waals surface area (Å²) in [5, 5.41) is 4.25. The number of nitrogens with zero attached hydrogens (tertiary/aromatic N) is 4. The summed E-state index contributed by atoms with van der Waals surface area (Å²) in [4.78, 5) is 30.0. The zero-order valence-electron chi connectivity index (χ0n) is 16.3. The highest BCUT2D eigenvalue weighted by atomic mass is 32.1. The van der Waals surface area contributed by atoms with Gasteiger partial charge in [-0.25, -0.2) is 15.0 Å². The number of benzene rings is 1. The number of rotatable bonds is 8. The highest BCUT2D eigenvalue weighted by Gasteiger charge is 2.16. The van der Waals surface area contributed by atoms with E-state index in [-0.39, 0.29) is 5.97 Å². The van der Waals surface area contributed by atoms with E-state index in [1.54, 1.807) is 14.0 Å². The van der Waals surface area contributed by atoms with E-state index < -0.39 is 0 Å². The van der Waals surface area contributed by atoms with E-state index in [0.717, 1.165) is 32.4 Å². The van der Waals surface area contributed by atoms with Gasteiger partial charge in [0.1, 0.15) is 22.4 Å². The lowest BCUT2D eigenvalue weighted by Gasteiger charge is -2.12. The van der Waals surface area contributed by atoms with Crippen LogP contribution in [0.2, 0.25) is 0 Å². The number of nitrogens with one attached hydrogen (secondary N) is 1. The second-order valence-corrected chi connectivity index (χ2v) is 7.55. The number of hydrogen-bond donors (Lipinski definition) is 1. The van der Waals surface area contributed by atoms with Crippen LogP contribution in [0.3, 0.4) is 0 Å². The Morgan fingerprint density at radius 3 is 3.03 bits per heavy atom. The maximum absolute atomic E-state index is 11.5. The predicted octanol–water partition coefficient (Wildman–Crippen LogP) is 3.66. The summed E-state index contributed by atoms with van der Waals surface area (Å²) in [6.07, 6.45) is 5.14. The molecule has 0 saturated heterocycles. The molecule has 0 amide bonds. The van der Waals surface area contributed by atoms with Crippen LogP contribution in [-0.4, -0.2) is 40.9 Å². The number of anilines is 2. The lowest BCUT2D eigenvalue weighted by atomic mass is 10.1. The Morgan fingerprint density at radius 2 is 2.21 bits per heavy atom. The third-order valence-corrected chi connectivity index (χ3v) is 5.55. The van der Waals surface area contributed by atoms with Crippen molar-refractivity contribution >= 4 is 45.4 Å². The SMILES string of the molecule is CCOC(=O)CCCc1nc2c(Nc3cc4c(cc3OC)CN=C4)ncnc2s1. The third-order valence-electron chi connectivity index (χ3n) is 4.52. The monoisotopic (exact) mass is 411 g/mol. The number of esters is 1. The average molecular weight is 411 g/mol. The number of fused-ring (bicyclic) bond motifs is 2. The molecule has 0 bridgehead atoms. The fraction of sp³-hybridized carbons (Fsp3) is 0.350. The van der Waals surface area contributed by atoms with Gasteiger partial charge in [-0.15, -0.1) is 0 Å². The fourth-order valence-corrected chi connectivity index (χ4v) is 4.09. The number of aromatic nitrogens is 3. The molecular formula is C20H21N5O3S. The van der Waals surface area contributed by atoms with Gasteiger partial charge >= 0.3 is 5.97 Å². The molecular weight excluding hydrogens is 390 g/mol. The van der Waals surface area contributed by atoms with Crippen molar-refractivity contribution in [2.24, 2.45) is 4.99 Å². The van der Waals surface area contributed by atoms with Gasteiger partial charge in [0.05, 0.1) is 31.0 Å². The maximum atomic E-state index is 11.5. The molecule has 0 radical (unpaired) electrons. The van der Waals surface area contributed by atoms with Crippen LogP contribution >= 0.6 is 11.3 Å². The van der Waals surface area contributed by atoms with Crippen LogP contribution in [0.4, 0.5) is 11.5 Å². The van der Waals surface area contributed by atoms with Crippen molar-refractivity contribution < 1.29 is 14.3 Å². The van der Waals surface area contributed by atoms with Gasteiger partial charge in [-0.05, 0) is 43.0 Å². The van der Waals surface area contributed by atoms with Crippen LogP contribution in [0.1, 0.15) is 35.9 Å².